The van der Waals surface area contributed by atoms with Gasteiger partial charge in [-0.1, -0.05) is 29.8 Å². The lowest BCUT2D eigenvalue weighted by Gasteiger charge is -2.06. The third kappa shape index (κ3) is 5.27. The van der Waals surface area contributed by atoms with Crippen LogP contribution >= 0.6 is 0 Å². The number of hydrogen-bond donors (Lipinski definition) is 2. The van der Waals surface area contributed by atoms with Crippen molar-refractivity contribution in [3.8, 4) is 0 Å². The molecule has 0 spiro atoms. The van der Waals surface area contributed by atoms with Crippen molar-refractivity contribution >= 4 is 27.7 Å². The van der Waals surface area contributed by atoms with Crippen molar-refractivity contribution in [1.29, 1.82) is 0 Å². The Morgan fingerprint density at radius 3 is 2.40 bits per heavy atom. The van der Waals surface area contributed by atoms with Gasteiger partial charge in [0.25, 0.3) is 0 Å². The molecule has 0 fully saturated rings. The summed E-state index contributed by atoms with van der Waals surface area (Å²) in [5.41, 5.74) is 3.93. The molecular weight excluding hydrogens is 340 g/mol. The van der Waals surface area contributed by atoms with Crippen LogP contribution in [0.5, 0.6) is 0 Å². The maximum Gasteiger partial charge on any atom is 0.239 e. The summed E-state index contributed by atoms with van der Waals surface area (Å²) in [5, 5.41) is 7.92. The van der Waals surface area contributed by atoms with E-state index in [2.05, 4.69) is 15.1 Å². The summed E-state index contributed by atoms with van der Waals surface area (Å²) in [6.45, 7) is 5.20. The number of aryl methyl sites for hydroxylation is 3. The summed E-state index contributed by atoms with van der Waals surface area (Å²) >= 11 is 0. The molecule has 0 aliphatic rings. The standard InChI is InChI=1S/C17H22N4O3S/c1-12-5-7-15(8-6-12)9-10-25(23,24)18-11-16(22)19-17-13(2)20-21(4)14(17)3/h5-10,18H,11H2,1-4H3,(H,19,22)/b10-9+. The number of carbonyl (C=O) groups is 1. The van der Waals surface area contributed by atoms with Crippen LogP contribution < -0.4 is 10.0 Å². The molecule has 0 bridgehead atoms. The van der Waals surface area contributed by atoms with Gasteiger partial charge in [0, 0.05) is 12.5 Å². The molecule has 0 aliphatic carbocycles. The molecule has 2 rings (SSSR count). The van der Waals surface area contributed by atoms with Gasteiger partial charge in [-0.15, -0.1) is 0 Å². The summed E-state index contributed by atoms with van der Waals surface area (Å²) < 4.78 is 27.8. The second-order valence-corrected chi connectivity index (χ2v) is 7.45. The molecule has 0 atom stereocenters. The first-order chi connectivity index (χ1) is 11.7. The third-order valence-corrected chi connectivity index (χ3v) is 4.77. The van der Waals surface area contributed by atoms with Gasteiger partial charge in [0.1, 0.15) is 0 Å². The van der Waals surface area contributed by atoms with E-state index in [9.17, 15) is 13.2 Å². The van der Waals surface area contributed by atoms with E-state index < -0.39 is 15.9 Å². The molecule has 7 nitrogen and oxygen atoms in total. The molecular formula is C17H22N4O3S. The zero-order valence-corrected chi connectivity index (χ0v) is 15.5. The smallest absolute Gasteiger partial charge is 0.239 e. The first-order valence-electron chi connectivity index (χ1n) is 7.72. The van der Waals surface area contributed by atoms with Crippen LogP contribution in [0.3, 0.4) is 0 Å². The molecule has 1 heterocycles. The Bertz CT molecular complexity index is 897. The van der Waals surface area contributed by atoms with E-state index in [1.54, 1.807) is 18.7 Å². The van der Waals surface area contributed by atoms with E-state index in [-0.39, 0.29) is 6.54 Å². The van der Waals surface area contributed by atoms with Crippen LogP contribution in [0, 0.1) is 20.8 Å². The predicted octanol–water partition coefficient (Wildman–Crippen LogP) is 1.87. The minimum atomic E-state index is -3.70. The average molecular weight is 362 g/mol. The molecule has 0 saturated carbocycles. The summed E-state index contributed by atoms with van der Waals surface area (Å²) in [7, 11) is -1.93. The third-order valence-electron chi connectivity index (χ3n) is 3.72. The highest BCUT2D eigenvalue weighted by atomic mass is 32.2. The van der Waals surface area contributed by atoms with Crippen LogP contribution in [0.1, 0.15) is 22.5 Å². The molecule has 134 valence electrons. The summed E-state index contributed by atoms with van der Waals surface area (Å²) in [5.74, 6) is -0.452. The van der Waals surface area contributed by atoms with Gasteiger partial charge in [0.2, 0.25) is 15.9 Å². The molecule has 0 radical (unpaired) electrons. The number of carbonyl (C=O) groups excluding carboxylic acids is 1. The lowest BCUT2D eigenvalue weighted by atomic mass is 10.2. The zero-order chi connectivity index (χ0) is 18.6. The molecule has 2 aromatic rings. The van der Waals surface area contributed by atoms with Crippen molar-refractivity contribution in [2.45, 2.75) is 20.8 Å². The van der Waals surface area contributed by atoms with Gasteiger partial charge < -0.3 is 5.32 Å². The average Bonchev–Trinajstić information content (AvgIpc) is 2.79. The summed E-state index contributed by atoms with van der Waals surface area (Å²) in [6.07, 6.45) is 1.48. The normalized spacial score (nSPS) is 11.8. The number of aromatic nitrogens is 2. The van der Waals surface area contributed by atoms with Crippen LogP contribution in [0.2, 0.25) is 0 Å². The molecule has 0 aliphatic heterocycles. The highest BCUT2D eigenvalue weighted by Gasteiger charge is 2.14. The minimum absolute atomic E-state index is 0.353. The van der Waals surface area contributed by atoms with E-state index in [0.717, 1.165) is 22.2 Å². The van der Waals surface area contributed by atoms with Crippen LogP contribution in [-0.2, 0) is 21.9 Å². The lowest BCUT2D eigenvalue weighted by Crippen LogP contribution is -2.31. The first kappa shape index (κ1) is 18.9. The molecule has 1 amide bonds. The number of anilines is 1. The van der Waals surface area contributed by atoms with E-state index in [1.165, 1.54) is 6.08 Å². The van der Waals surface area contributed by atoms with E-state index in [4.69, 9.17) is 0 Å². The SMILES string of the molecule is Cc1ccc(/C=C/S(=O)(=O)NCC(=O)Nc2c(C)nn(C)c2C)cc1. The molecule has 25 heavy (non-hydrogen) atoms. The molecule has 0 unspecified atom stereocenters. The van der Waals surface area contributed by atoms with Gasteiger partial charge in [-0.05, 0) is 32.4 Å². The fourth-order valence-corrected chi connectivity index (χ4v) is 2.96. The number of nitrogens with one attached hydrogen (secondary N) is 2. The van der Waals surface area contributed by atoms with Crippen LogP contribution in [0.25, 0.3) is 6.08 Å². The van der Waals surface area contributed by atoms with Crippen molar-refractivity contribution in [2.24, 2.45) is 7.05 Å². The number of sulfonamides is 1. The number of benzene rings is 1. The van der Waals surface area contributed by atoms with E-state index in [0.29, 0.717) is 11.4 Å². The lowest BCUT2D eigenvalue weighted by molar-refractivity contribution is -0.115. The monoisotopic (exact) mass is 362 g/mol. The molecule has 2 N–H and O–H groups in total. The fourth-order valence-electron chi connectivity index (χ4n) is 2.20. The predicted molar refractivity (Wildman–Crippen MR) is 98.4 cm³/mol. The van der Waals surface area contributed by atoms with Gasteiger partial charge in [0.15, 0.2) is 0 Å². The number of amides is 1. The largest absolute Gasteiger partial charge is 0.322 e. The van der Waals surface area contributed by atoms with Gasteiger partial charge in [0.05, 0.1) is 23.6 Å². The quantitative estimate of drug-likeness (QED) is 0.820. The van der Waals surface area contributed by atoms with Gasteiger partial charge >= 0.3 is 0 Å². The van der Waals surface area contributed by atoms with Gasteiger partial charge in [-0.2, -0.15) is 5.10 Å². The van der Waals surface area contributed by atoms with Gasteiger partial charge in [-0.25, -0.2) is 13.1 Å². The topological polar surface area (TPSA) is 93.1 Å². The van der Waals surface area contributed by atoms with E-state index >= 15 is 0 Å². The Morgan fingerprint density at radius 2 is 1.84 bits per heavy atom. The Balaban J connectivity index is 1.94. The summed E-state index contributed by atoms with van der Waals surface area (Å²) in [6, 6.07) is 7.43. The van der Waals surface area contributed by atoms with Crippen molar-refractivity contribution in [3.63, 3.8) is 0 Å². The Hall–Kier alpha value is -2.45. The molecule has 1 aromatic heterocycles. The van der Waals surface area contributed by atoms with Crippen molar-refractivity contribution in [3.05, 3.63) is 52.2 Å². The maximum absolute atomic E-state index is 12.0. The Morgan fingerprint density at radius 1 is 1.20 bits per heavy atom. The maximum atomic E-state index is 12.0. The number of nitrogens with zero attached hydrogens (tertiary/aromatic N) is 2. The number of rotatable bonds is 6. The minimum Gasteiger partial charge on any atom is -0.322 e. The van der Waals surface area contributed by atoms with Crippen molar-refractivity contribution in [1.82, 2.24) is 14.5 Å². The first-order valence-corrected chi connectivity index (χ1v) is 9.27. The fraction of sp³-hybridized carbons (Fsp3) is 0.294. The molecule has 1 aromatic carbocycles. The van der Waals surface area contributed by atoms with Crippen LogP contribution in [0.4, 0.5) is 5.69 Å². The van der Waals surface area contributed by atoms with E-state index in [1.807, 2.05) is 38.1 Å². The van der Waals surface area contributed by atoms with Crippen molar-refractivity contribution in [2.75, 3.05) is 11.9 Å². The molecule has 8 heteroatoms. The Labute approximate surface area is 147 Å². The van der Waals surface area contributed by atoms with Crippen LogP contribution in [-0.4, -0.2) is 30.7 Å². The Kier molecular flexibility index (Phi) is 5.76. The van der Waals surface area contributed by atoms with Crippen molar-refractivity contribution < 1.29 is 13.2 Å². The second kappa shape index (κ2) is 7.62. The van der Waals surface area contributed by atoms with Crippen LogP contribution in [0.15, 0.2) is 29.7 Å². The highest BCUT2D eigenvalue weighted by Crippen LogP contribution is 2.17. The zero-order valence-electron chi connectivity index (χ0n) is 14.7. The second-order valence-electron chi connectivity index (χ2n) is 5.80. The highest BCUT2D eigenvalue weighted by molar-refractivity contribution is 7.92. The van der Waals surface area contributed by atoms with Gasteiger partial charge in [-0.3, -0.25) is 9.48 Å². The molecule has 0 saturated heterocycles. The number of hydrogen-bond acceptors (Lipinski definition) is 4. The summed E-state index contributed by atoms with van der Waals surface area (Å²) in [4.78, 5) is 12.0.